The predicted molar refractivity (Wildman–Crippen MR) is 109 cm³/mol. The lowest BCUT2D eigenvalue weighted by atomic mass is 10.1. The fourth-order valence-electron chi connectivity index (χ4n) is 3.10. The highest BCUT2D eigenvalue weighted by molar-refractivity contribution is 7.94. The maximum Gasteiger partial charge on any atom is 0.271 e. The summed E-state index contributed by atoms with van der Waals surface area (Å²) in [5.41, 5.74) is 2.18. The fraction of sp³-hybridized carbons (Fsp3) is 0.263. The molecule has 1 N–H and O–H groups in total. The van der Waals surface area contributed by atoms with Gasteiger partial charge in [-0.25, -0.2) is 8.42 Å². The van der Waals surface area contributed by atoms with Crippen LogP contribution in [0.4, 0.5) is 11.5 Å². The Morgan fingerprint density at radius 3 is 2.33 bits per heavy atom. The largest absolute Gasteiger partial charge is 0.355 e. The minimum absolute atomic E-state index is 0.297. The molecule has 140 valence electrons. The molecule has 4 rings (SSSR count). The van der Waals surface area contributed by atoms with Crippen LogP contribution < -0.4 is 9.62 Å². The average molecular weight is 401 g/mol. The van der Waals surface area contributed by atoms with Crippen LogP contribution in [0.25, 0.3) is 11.3 Å². The van der Waals surface area contributed by atoms with Crippen molar-refractivity contribution in [3.63, 3.8) is 0 Å². The molecular weight excluding hydrogens is 380 g/mol. The van der Waals surface area contributed by atoms with Crippen molar-refractivity contribution in [3.8, 4) is 11.3 Å². The molecule has 0 spiro atoms. The molecule has 1 aromatic carbocycles. The molecule has 1 fully saturated rings. The van der Waals surface area contributed by atoms with E-state index in [-0.39, 0.29) is 0 Å². The molecule has 2 aromatic heterocycles. The van der Waals surface area contributed by atoms with Crippen LogP contribution in [-0.4, -0.2) is 31.7 Å². The molecule has 0 aliphatic carbocycles. The number of hydrogen-bond acceptors (Lipinski definition) is 6. The first-order chi connectivity index (χ1) is 13.1. The van der Waals surface area contributed by atoms with Gasteiger partial charge < -0.3 is 4.90 Å². The first kappa shape index (κ1) is 17.9. The van der Waals surface area contributed by atoms with Crippen molar-refractivity contribution in [2.45, 2.75) is 23.5 Å². The van der Waals surface area contributed by atoms with E-state index >= 15 is 0 Å². The zero-order valence-electron chi connectivity index (χ0n) is 14.7. The van der Waals surface area contributed by atoms with Crippen molar-refractivity contribution in [2.24, 2.45) is 0 Å². The summed E-state index contributed by atoms with van der Waals surface area (Å²) >= 11 is 1.19. The lowest BCUT2D eigenvalue weighted by Crippen LogP contribution is -2.30. The highest BCUT2D eigenvalue weighted by Gasteiger charge is 2.15. The molecule has 0 radical (unpaired) electrons. The lowest BCUT2D eigenvalue weighted by molar-refractivity contribution is 0.571. The van der Waals surface area contributed by atoms with Gasteiger partial charge in [0.15, 0.2) is 5.82 Å². The van der Waals surface area contributed by atoms with Crippen LogP contribution >= 0.6 is 11.3 Å². The van der Waals surface area contributed by atoms with E-state index in [9.17, 15) is 8.42 Å². The molecule has 0 amide bonds. The number of benzene rings is 1. The molecular formula is C19H20N4O2S2. The van der Waals surface area contributed by atoms with Crippen molar-refractivity contribution in [3.05, 3.63) is 53.9 Å². The van der Waals surface area contributed by atoms with E-state index in [1.807, 2.05) is 24.3 Å². The van der Waals surface area contributed by atoms with Crippen molar-refractivity contribution >= 4 is 32.9 Å². The van der Waals surface area contributed by atoms with Crippen LogP contribution in [0, 0.1) is 0 Å². The Morgan fingerprint density at radius 1 is 0.926 bits per heavy atom. The summed E-state index contributed by atoms with van der Waals surface area (Å²) in [6, 6.07) is 14.4. The van der Waals surface area contributed by atoms with Crippen LogP contribution in [0.5, 0.6) is 0 Å². The first-order valence-electron chi connectivity index (χ1n) is 8.87. The monoisotopic (exact) mass is 400 g/mol. The quantitative estimate of drug-likeness (QED) is 0.701. The zero-order chi connectivity index (χ0) is 18.7. The van der Waals surface area contributed by atoms with Crippen LogP contribution in [-0.2, 0) is 10.0 Å². The fourth-order valence-corrected chi connectivity index (χ4v) is 5.15. The molecule has 0 unspecified atom stereocenters. The number of rotatable bonds is 5. The molecule has 0 saturated carbocycles. The second-order valence-electron chi connectivity index (χ2n) is 6.44. The maximum absolute atomic E-state index is 12.3. The Morgan fingerprint density at radius 2 is 1.70 bits per heavy atom. The van der Waals surface area contributed by atoms with E-state index in [0.717, 1.165) is 30.2 Å². The third kappa shape index (κ3) is 4.12. The number of sulfonamides is 1. The molecule has 8 heteroatoms. The summed E-state index contributed by atoms with van der Waals surface area (Å²) in [5, 5.41) is 10.4. The van der Waals surface area contributed by atoms with Gasteiger partial charge in [0, 0.05) is 24.3 Å². The summed E-state index contributed by atoms with van der Waals surface area (Å²) in [6.45, 7) is 2.07. The Balaban J connectivity index is 1.47. The van der Waals surface area contributed by atoms with Crippen LogP contribution in [0.15, 0.2) is 58.1 Å². The summed E-state index contributed by atoms with van der Waals surface area (Å²) in [6.07, 6.45) is 3.68. The Labute approximate surface area is 162 Å². The van der Waals surface area contributed by atoms with E-state index in [1.165, 1.54) is 30.6 Å². The van der Waals surface area contributed by atoms with Crippen molar-refractivity contribution in [2.75, 3.05) is 22.7 Å². The number of thiophene rings is 1. The number of nitrogens with zero attached hydrogens (tertiary/aromatic N) is 3. The van der Waals surface area contributed by atoms with Crippen LogP contribution in [0.1, 0.15) is 19.3 Å². The SMILES string of the molecule is O=S(=O)(Nc1ccc(-c2ccc(N3CCCCC3)nn2)cc1)c1cccs1. The van der Waals surface area contributed by atoms with E-state index in [1.54, 1.807) is 29.6 Å². The highest BCUT2D eigenvalue weighted by Crippen LogP contribution is 2.24. The van der Waals surface area contributed by atoms with Crippen LogP contribution in [0.2, 0.25) is 0 Å². The molecule has 3 heterocycles. The Hall–Kier alpha value is -2.45. The molecule has 6 nitrogen and oxygen atoms in total. The minimum Gasteiger partial charge on any atom is -0.355 e. The molecule has 0 atom stereocenters. The minimum atomic E-state index is -3.53. The molecule has 27 heavy (non-hydrogen) atoms. The topological polar surface area (TPSA) is 75.2 Å². The van der Waals surface area contributed by atoms with Gasteiger partial charge in [0.05, 0.1) is 5.69 Å². The van der Waals surface area contributed by atoms with Gasteiger partial charge in [0.1, 0.15) is 4.21 Å². The molecule has 0 bridgehead atoms. The smallest absolute Gasteiger partial charge is 0.271 e. The van der Waals surface area contributed by atoms with E-state index in [0.29, 0.717) is 9.90 Å². The third-order valence-corrected chi connectivity index (χ3v) is 7.30. The van der Waals surface area contributed by atoms with Gasteiger partial charge >= 0.3 is 0 Å². The predicted octanol–water partition coefficient (Wildman–Crippen LogP) is 4.00. The van der Waals surface area contributed by atoms with Crippen molar-refractivity contribution in [1.82, 2.24) is 10.2 Å². The lowest BCUT2D eigenvalue weighted by Gasteiger charge is -2.27. The number of aromatic nitrogens is 2. The third-order valence-electron chi connectivity index (χ3n) is 4.52. The number of piperidine rings is 1. The van der Waals surface area contributed by atoms with Crippen molar-refractivity contribution < 1.29 is 8.42 Å². The molecule has 3 aromatic rings. The van der Waals surface area contributed by atoms with Gasteiger partial charge in [0.25, 0.3) is 10.0 Å². The van der Waals surface area contributed by atoms with Gasteiger partial charge in [-0.3, -0.25) is 4.72 Å². The summed E-state index contributed by atoms with van der Waals surface area (Å²) in [7, 11) is -3.53. The Bertz CT molecular complexity index is 979. The highest BCUT2D eigenvalue weighted by atomic mass is 32.2. The Kier molecular flexibility index (Phi) is 5.09. The van der Waals surface area contributed by atoms with Crippen molar-refractivity contribution in [1.29, 1.82) is 0 Å². The van der Waals surface area contributed by atoms with E-state index in [4.69, 9.17) is 0 Å². The van der Waals surface area contributed by atoms with Gasteiger partial charge in [-0.15, -0.1) is 21.5 Å². The molecule has 1 aliphatic heterocycles. The zero-order valence-corrected chi connectivity index (χ0v) is 16.3. The number of nitrogens with one attached hydrogen (secondary N) is 1. The van der Waals surface area contributed by atoms with Gasteiger partial charge in [0.2, 0.25) is 0 Å². The van der Waals surface area contributed by atoms with E-state index < -0.39 is 10.0 Å². The molecule has 1 aliphatic rings. The molecule has 1 saturated heterocycles. The summed E-state index contributed by atoms with van der Waals surface area (Å²) in [5.74, 6) is 0.916. The van der Waals surface area contributed by atoms with Gasteiger partial charge in [-0.05, 0) is 55.0 Å². The standard InChI is InChI=1S/C19H20N4O2S2/c24-27(25,19-5-4-14-26-19)22-16-8-6-15(7-9-16)17-10-11-18(21-20-17)23-12-2-1-3-13-23/h4-11,14,22H,1-3,12-13H2. The number of hydrogen-bond donors (Lipinski definition) is 1. The summed E-state index contributed by atoms with van der Waals surface area (Å²) < 4.78 is 27.4. The van der Waals surface area contributed by atoms with E-state index in [2.05, 4.69) is 19.8 Å². The van der Waals surface area contributed by atoms with Crippen LogP contribution in [0.3, 0.4) is 0 Å². The van der Waals surface area contributed by atoms with Gasteiger partial charge in [-0.2, -0.15) is 0 Å². The summed E-state index contributed by atoms with van der Waals surface area (Å²) in [4.78, 5) is 2.27. The number of anilines is 2. The second-order valence-corrected chi connectivity index (χ2v) is 9.30. The second kappa shape index (κ2) is 7.66. The first-order valence-corrected chi connectivity index (χ1v) is 11.2. The average Bonchev–Trinajstić information content (AvgIpc) is 3.25. The normalized spacial score (nSPS) is 14.9. The van der Waals surface area contributed by atoms with Gasteiger partial charge in [-0.1, -0.05) is 18.2 Å². The maximum atomic E-state index is 12.3.